The van der Waals surface area contributed by atoms with Crippen LogP contribution >= 0.6 is 0 Å². The molecule has 148 valence electrons. The first kappa shape index (κ1) is 19.5. The Morgan fingerprint density at radius 3 is 2.61 bits per heavy atom. The Morgan fingerprint density at radius 2 is 1.93 bits per heavy atom. The quantitative estimate of drug-likeness (QED) is 0.867. The molecule has 1 fully saturated rings. The maximum atomic E-state index is 13.3. The van der Waals surface area contributed by atoms with Crippen molar-refractivity contribution in [3.05, 3.63) is 47.5 Å². The van der Waals surface area contributed by atoms with Crippen LogP contribution < -0.4 is 10.2 Å². The second-order valence-corrected chi connectivity index (χ2v) is 6.33. The van der Waals surface area contributed by atoms with Crippen LogP contribution in [0.3, 0.4) is 0 Å². The van der Waals surface area contributed by atoms with E-state index in [2.05, 4.69) is 15.3 Å². The fourth-order valence-corrected chi connectivity index (χ4v) is 2.88. The molecular weight excluding hydrogens is 365 g/mol. The molecule has 1 aliphatic rings. The molecule has 3 rings (SSSR count). The number of anilines is 2. The summed E-state index contributed by atoms with van der Waals surface area (Å²) in [4.78, 5) is 36.6. The Hall–Kier alpha value is -3.23. The second kappa shape index (κ2) is 8.64. The monoisotopic (exact) mass is 387 g/mol. The van der Waals surface area contributed by atoms with Gasteiger partial charge in [0, 0.05) is 37.6 Å². The van der Waals surface area contributed by atoms with Crippen molar-refractivity contribution in [3.63, 3.8) is 0 Å². The minimum absolute atomic E-state index is 0.194. The average Bonchev–Trinajstić information content (AvgIpc) is 2.68. The number of amides is 2. The number of ether oxygens (including phenoxy) is 1. The molecule has 2 heterocycles. The highest BCUT2D eigenvalue weighted by molar-refractivity contribution is 6.03. The van der Waals surface area contributed by atoms with E-state index < -0.39 is 11.7 Å². The maximum Gasteiger partial charge on any atom is 0.409 e. The minimum Gasteiger partial charge on any atom is -0.450 e. The van der Waals surface area contributed by atoms with Gasteiger partial charge >= 0.3 is 6.09 Å². The van der Waals surface area contributed by atoms with E-state index in [9.17, 15) is 14.0 Å². The molecule has 1 N–H and O–H groups in total. The second-order valence-electron chi connectivity index (χ2n) is 6.33. The van der Waals surface area contributed by atoms with Crippen LogP contribution in [0.5, 0.6) is 0 Å². The Labute approximate surface area is 162 Å². The average molecular weight is 387 g/mol. The molecule has 1 saturated heterocycles. The molecule has 2 aromatic rings. The molecule has 0 unspecified atom stereocenters. The van der Waals surface area contributed by atoms with Crippen LogP contribution in [0.1, 0.15) is 23.1 Å². The summed E-state index contributed by atoms with van der Waals surface area (Å²) in [6.07, 6.45) is -0.331. The molecule has 0 spiro atoms. The lowest BCUT2D eigenvalue weighted by molar-refractivity contribution is 0.102. The molecule has 8 nitrogen and oxygen atoms in total. The van der Waals surface area contributed by atoms with Crippen molar-refractivity contribution in [1.29, 1.82) is 0 Å². The number of carbonyl (C=O) groups excluding carboxylic acids is 2. The van der Waals surface area contributed by atoms with Crippen LogP contribution in [0.25, 0.3) is 0 Å². The van der Waals surface area contributed by atoms with E-state index in [0.29, 0.717) is 50.1 Å². The maximum absolute atomic E-state index is 13.3. The Bertz CT molecular complexity index is 868. The summed E-state index contributed by atoms with van der Waals surface area (Å²) in [5.74, 6) is -0.452. The van der Waals surface area contributed by atoms with E-state index in [1.807, 2.05) is 4.90 Å². The summed E-state index contributed by atoms with van der Waals surface area (Å²) in [5.41, 5.74) is 1.19. The third-order valence-electron chi connectivity index (χ3n) is 4.25. The largest absolute Gasteiger partial charge is 0.450 e. The predicted octanol–water partition coefficient (Wildman–Crippen LogP) is 2.45. The van der Waals surface area contributed by atoms with E-state index in [0.717, 1.165) is 0 Å². The lowest BCUT2D eigenvalue weighted by atomic mass is 10.2. The van der Waals surface area contributed by atoms with Crippen molar-refractivity contribution in [3.8, 4) is 0 Å². The first-order valence-electron chi connectivity index (χ1n) is 9.05. The van der Waals surface area contributed by atoms with Crippen LogP contribution in [-0.2, 0) is 4.74 Å². The third-order valence-corrected chi connectivity index (χ3v) is 4.25. The number of nitrogens with zero attached hydrogens (tertiary/aromatic N) is 4. The van der Waals surface area contributed by atoms with Crippen molar-refractivity contribution >= 4 is 23.6 Å². The summed E-state index contributed by atoms with van der Waals surface area (Å²) in [6.45, 7) is 5.93. The fraction of sp³-hybridized carbons (Fsp3) is 0.368. The normalized spacial score (nSPS) is 14.0. The van der Waals surface area contributed by atoms with Gasteiger partial charge < -0.3 is 19.9 Å². The number of piperazine rings is 1. The molecule has 0 aliphatic carbocycles. The van der Waals surface area contributed by atoms with Gasteiger partial charge in [0.2, 0.25) is 5.95 Å². The van der Waals surface area contributed by atoms with Gasteiger partial charge in [-0.05, 0) is 38.1 Å². The van der Waals surface area contributed by atoms with Gasteiger partial charge in [-0.1, -0.05) is 6.07 Å². The molecule has 0 bridgehead atoms. The van der Waals surface area contributed by atoms with E-state index in [1.54, 1.807) is 30.9 Å². The van der Waals surface area contributed by atoms with Gasteiger partial charge in [0.1, 0.15) is 11.5 Å². The molecular formula is C19H22FN5O3. The summed E-state index contributed by atoms with van der Waals surface area (Å²) < 4.78 is 18.3. The van der Waals surface area contributed by atoms with Gasteiger partial charge in [-0.15, -0.1) is 0 Å². The van der Waals surface area contributed by atoms with E-state index in [-0.39, 0.29) is 11.8 Å². The van der Waals surface area contributed by atoms with Gasteiger partial charge in [-0.25, -0.2) is 19.2 Å². The van der Waals surface area contributed by atoms with Crippen molar-refractivity contribution in [2.75, 3.05) is 43.0 Å². The predicted molar refractivity (Wildman–Crippen MR) is 102 cm³/mol. The van der Waals surface area contributed by atoms with Crippen molar-refractivity contribution in [2.24, 2.45) is 0 Å². The van der Waals surface area contributed by atoms with E-state index in [4.69, 9.17) is 4.74 Å². The highest BCUT2D eigenvalue weighted by atomic mass is 19.1. The van der Waals surface area contributed by atoms with Crippen LogP contribution in [0.15, 0.2) is 30.3 Å². The molecule has 1 aromatic heterocycles. The molecule has 1 aliphatic heterocycles. The molecule has 0 atom stereocenters. The number of hydrogen-bond donors (Lipinski definition) is 1. The van der Waals surface area contributed by atoms with Gasteiger partial charge in [0.25, 0.3) is 5.91 Å². The topological polar surface area (TPSA) is 87.7 Å². The molecule has 0 radical (unpaired) electrons. The molecule has 0 saturated carbocycles. The van der Waals surface area contributed by atoms with Gasteiger partial charge in [0.15, 0.2) is 0 Å². The first-order valence-corrected chi connectivity index (χ1v) is 9.05. The zero-order valence-electron chi connectivity index (χ0n) is 15.8. The molecule has 9 heteroatoms. The van der Waals surface area contributed by atoms with E-state index in [1.165, 1.54) is 18.2 Å². The lowest BCUT2D eigenvalue weighted by Gasteiger charge is -2.34. The highest BCUT2D eigenvalue weighted by Crippen LogP contribution is 2.16. The van der Waals surface area contributed by atoms with Gasteiger partial charge in [0.05, 0.1) is 6.61 Å². The number of nitrogens with one attached hydrogen (secondary N) is 1. The highest BCUT2D eigenvalue weighted by Gasteiger charge is 2.24. The first-order chi connectivity index (χ1) is 13.5. The van der Waals surface area contributed by atoms with Crippen LogP contribution in [-0.4, -0.2) is 59.7 Å². The Kier molecular flexibility index (Phi) is 6.03. The number of hydrogen-bond acceptors (Lipinski definition) is 6. The molecule has 1 aromatic carbocycles. The van der Waals surface area contributed by atoms with Crippen LogP contribution in [0.2, 0.25) is 0 Å². The molecule has 2 amide bonds. The summed E-state index contributed by atoms with van der Waals surface area (Å²) in [7, 11) is 0. The zero-order valence-corrected chi connectivity index (χ0v) is 15.8. The Morgan fingerprint density at radius 1 is 1.18 bits per heavy atom. The lowest BCUT2D eigenvalue weighted by Crippen LogP contribution is -2.49. The zero-order chi connectivity index (χ0) is 20.1. The Balaban J connectivity index is 1.70. The number of aryl methyl sites for hydroxylation is 1. The molecule has 28 heavy (non-hydrogen) atoms. The fourth-order valence-electron chi connectivity index (χ4n) is 2.88. The van der Waals surface area contributed by atoms with E-state index >= 15 is 0 Å². The van der Waals surface area contributed by atoms with Gasteiger partial charge in [-0.2, -0.15) is 0 Å². The number of carbonyl (C=O) groups is 2. The van der Waals surface area contributed by atoms with Crippen molar-refractivity contribution in [2.45, 2.75) is 13.8 Å². The third kappa shape index (κ3) is 4.73. The summed E-state index contributed by atoms with van der Waals surface area (Å²) >= 11 is 0. The van der Waals surface area contributed by atoms with Crippen molar-refractivity contribution < 1.29 is 18.7 Å². The number of aromatic nitrogens is 2. The minimum atomic E-state index is -0.442. The summed E-state index contributed by atoms with van der Waals surface area (Å²) in [6, 6.07) is 7.24. The van der Waals surface area contributed by atoms with Crippen LogP contribution in [0.4, 0.5) is 20.8 Å². The standard InChI is InChI=1S/C19H22FN5O3/c1-3-28-19(27)25-9-7-24(8-10-25)18-21-13(2)11-16(23-18)17(26)22-15-6-4-5-14(20)12-15/h4-6,11-12H,3,7-10H2,1-2H3,(H,22,26). The van der Waals surface area contributed by atoms with Crippen molar-refractivity contribution in [1.82, 2.24) is 14.9 Å². The van der Waals surface area contributed by atoms with Gasteiger partial charge in [-0.3, -0.25) is 4.79 Å². The summed E-state index contributed by atoms with van der Waals surface area (Å²) in [5, 5.41) is 2.64. The number of rotatable bonds is 4. The smallest absolute Gasteiger partial charge is 0.409 e. The van der Waals surface area contributed by atoms with Crippen LogP contribution in [0, 0.1) is 12.7 Å². The SMILES string of the molecule is CCOC(=O)N1CCN(c2nc(C)cc(C(=O)Nc3cccc(F)c3)n2)CC1. The number of benzene rings is 1. The number of halogens is 1.